The minimum Gasteiger partial charge on any atom is -0.321 e. The van der Waals surface area contributed by atoms with Gasteiger partial charge in [0.25, 0.3) is 5.91 Å². The Morgan fingerprint density at radius 1 is 1.16 bits per heavy atom. The van der Waals surface area contributed by atoms with Crippen molar-refractivity contribution in [1.29, 1.82) is 0 Å². The van der Waals surface area contributed by atoms with Gasteiger partial charge in [-0.05, 0) is 64.5 Å². The SMILES string of the molecule is Cc1cc(Br)c2nc(C)c(C(=O)Nc3ccc(C(C)(C)C)cc3)n2c1. The number of aromatic nitrogens is 2. The fourth-order valence-corrected chi connectivity index (χ4v) is 3.50. The third-order valence-electron chi connectivity index (χ3n) is 4.21. The van der Waals surface area contributed by atoms with E-state index in [0.717, 1.165) is 21.4 Å². The first-order chi connectivity index (χ1) is 11.7. The predicted molar refractivity (Wildman–Crippen MR) is 105 cm³/mol. The zero-order valence-corrected chi connectivity index (χ0v) is 16.7. The predicted octanol–water partition coefficient (Wildman–Crippen LogP) is 5.26. The van der Waals surface area contributed by atoms with E-state index >= 15 is 0 Å². The highest BCUT2D eigenvalue weighted by atomic mass is 79.9. The number of anilines is 1. The molecule has 0 spiro atoms. The van der Waals surface area contributed by atoms with Crippen molar-refractivity contribution in [1.82, 2.24) is 9.38 Å². The fourth-order valence-electron chi connectivity index (χ4n) is 2.86. The Morgan fingerprint density at radius 2 is 1.80 bits per heavy atom. The van der Waals surface area contributed by atoms with Gasteiger partial charge in [-0.25, -0.2) is 4.98 Å². The van der Waals surface area contributed by atoms with Gasteiger partial charge in [0.15, 0.2) is 5.65 Å². The minimum atomic E-state index is -0.161. The maximum absolute atomic E-state index is 12.8. The molecule has 0 aliphatic rings. The molecule has 1 N–H and O–H groups in total. The molecule has 3 aromatic rings. The molecule has 0 aliphatic heterocycles. The summed E-state index contributed by atoms with van der Waals surface area (Å²) in [5.74, 6) is -0.161. The lowest BCUT2D eigenvalue weighted by Gasteiger charge is -2.19. The first-order valence-corrected chi connectivity index (χ1v) is 9.03. The number of benzene rings is 1. The maximum Gasteiger partial charge on any atom is 0.274 e. The van der Waals surface area contributed by atoms with Crippen molar-refractivity contribution in [3.05, 3.63) is 63.5 Å². The Kier molecular flexibility index (Phi) is 4.45. The van der Waals surface area contributed by atoms with Crippen LogP contribution in [0.2, 0.25) is 0 Å². The van der Waals surface area contributed by atoms with Gasteiger partial charge in [-0.1, -0.05) is 32.9 Å². The van der Waals surface area contributed by atoms with E-state index in [1.54, 1.807) is 0 Å². The van der Waals surface area contributed by atoms with Gasteiger partial charge < -0.3 is 5.32 Å². The number of carbonyl (C=O) groups is 1. The molecule has 0 radical (unpaired) electrons. The quantitative estimate of drug-likeness (QED) is 0.638. The molecule has 0 saturated carbocycles. The van der Waals surface area contributed by atoms with Gasteiger partial charge in [0.05, 0.1) is 10.2 Å². The molecule has 1 amide bonds. The number of nitrogens with one attached hydrogen (secondary N) is 1. The minimum absolute atomic E-state index is 0.0879. The number of hydrogen-bond donors (Lipinski definition) is 1. The highest BCUT2D eigenvalue weighted by Gasteiger charge is 2.19. The summed E-state index contributed by atoms with van der Waals surface area (Å²) in [5, 5.41) is 2.98. The molecule has 1 aromatic carbocycles. The van der Waals surface area contributed by atoms with Gasteiger partial charge in [0, 0.05) is 11.9 Å². The molecule has 5 heteroatoms. The largest absolute Gasteiger partial charge is 0.321 e. The highest BCUT2D eigenvalue weighted by Crippen LogP contribution is 2.25. The lowest BCUT2D eigenvalue weighted by molar-refractivity contribution is 0.102. The number of carbonyl (C=O) groups excluding carboxylic acids is 1. The molecule has 0 saturated heterocycles. The van der Waals surface area contributed by atoms with Crippen molar-refractivity contribution in [2.75, 3.05) is 5.32 Å². The van der Waals surface area contributed by atoms with Gasteiger partial charge in [0.1, 0.15) is 5.69 Å². The second-order valence-electron chi connectivity index (χ2n) is 7.39. The van der Waals surface area contributed by atoms with Crippen molar-refractivity contribution in [3.63, 3.8) is 0 Å². The monoisotopic (exact) mass is 399 g/mol. The normalized spacial score (nSPS) is 11.8. The first-order valence-electron chi connectivity index (χ1n) is 8.23. The average Bonchev–Trinajstić information content (AvgIpc) is 2.83. The summed E-state index contributed by atoms with van der Waals surface area (Å²) >= 11 is 3.52. The summed E-state index contributed by atoms with van der Waals surface area (Å²) < 4.78 is 2.72. The number of rotatable bonds is 2. The lowest BCUT2D eigenvalue weighted by atomic mass is 9.87. The Hall–Kier alpha value is -2.14. The van der Waals surface area contributed by atoms with Gasteiger partial charge in [-0.2, -0.15) is 0 Å². The molecule has 0 fully saturated rings. The van der Waals surface area contributed by atoms with Crippen molar-refractivity contribution in [2.45, 2.75) is 40.0 Å². The number of halogens is 1. The van der Waals surface area contributed by atoms with Crippen LogP contribution in [0.3, 0.4) is 0 Å². The Balaban J connectivity index is 1.94. The van der Waals surface area contributed by atoms with Crippen LogP contribution in [0.25, 0.3) is 5.65 Å². The summed E-state index contributed by atoms with van der Waals surface area (Å²) in [4.78, 5) is 17.3. The van der Waals surface area contributed by atoms with Crippen LogP contribution in [0.4, 0.5) is 5.69 Å². The molecule has 130 valence electrons. The summed E-state index contributed by atoms with van der Waals surface area (Å²) in [6.07, 6.45) is 1.93. The van der Waals surface area contributed by atoms with E-state index in [2.05, 4.69) is 59.1 Å². The number of imidazole rings is 1. The van der Waals surface area contributed by atoms with E-state index in [1.165, 1.54) is 5.56 Å². The van der Waals surface area contributed by atoms with Crippen LogP contribution < -0.4 is 5.32 Å². The Bertz CT molecular complexity index is 950. The summed E-state index contributed by atoms with van der Waals surface area (Å²) in [7, 11) is 0. The second kappa shape index (κ2) is 6.30. The number of pyridine rings is 1. The second-order valence-corrected chi connectivity index (χ2v) is 8.24. The zero-order valence-electron chi connectivity index (χ0n) is 15.1. The third kappa shape index (κ3) is 3.47. The van der Waals surface area contributed by atoms with Gasteiger partial charge in [0.2, 0.25) is 0 Å². The molecule has 25 heavy (non-hydrogen) atoms. The molecule has 3 rings (SSSR count). The molecule has 0 unspecified atom stereocenters. The van der Waals surface area contributed by atoms with E-state index in [-0.39, 0.29) is 11.3 Å². The fraction of sp³-hybridized carbons (Fsp3) is 0.300. The Labute approximate surface area is 156 Å². The van der Waals surface area contributed by atoms with E-state index in [1.807, 2.05) is 42.6 Å². The van der Waals surface area contributed by atoms with Crippen molar-refractivity contribution < 1.29 is 4.79 Å². The van der Waals surface area contributed by atoms with Gasteiger partial charge in [-0.15, -0.1) is 0 Å². The summed E-state index contributed by atoms with van der Waals surface area (Å²) in [6, 6.07) is 9.99. The molecule has 0 bridgehead atoms. The first kappa shape index (κ1) is 17.7. The molecular formula is C20H22BrN3O. The van der Waals surface area contributed by atoms with Crippen LogP contribution in [-0.4, -0.2) is 15.3 Å². The van der Waals surface area contributed by atoms with Crippen molar-refractivity contribution in [2.24, 2.45) is 0 Å². The van der Waals surface area contributed by atoms with E-state index < -0.39 is 0 Å². The van der Waals surface area contributed by atoms with Gasteiger partial charge in [-0.3, -0.25) is 9.20 Å². The summed E-state index contributed by atoms with van der Waals surface area (Å²) in [5.41, 5.74) is 5.16. The van der Waals surface area contributed by atoms with Crippen LogP contribution >= 0.6 is 15.9 Å². The van der Waals surface area contributed by atoms with Crippen LogP contribution in [0.1, 0.15) is 48.1 Å². The van der Waals surface area contributed by atoms with E-state index in [0.29, 0.717) is 11.4 Å². The van der Waals surface area contributed by atoms with Crippen molar-refractivity contribution >= 4 is 33.2 Å². The molecular weight excluding hydrogens is 378 g/mol. The Morgan fingerprint density at radius 3 is 2.40 bits per heavy atom. The lowest BCUT2D eigenvalue weighted by Crippen LogP contribution is -2.16. The van der Waals surface area contributed by atoms with Crippen LogP contribution in [-0.2, 0) is 5.41 Å². The van der Waals surface area contributed by atoms with E-state index in [9.17, 15) is 4.79 Å². The van der Waals surface area contributed by atoms with Gasteiger partial charge >= 0.3 is 0 Å². The topological polar surface area (TPSA) is 46.4 Å². The van der Waals surface area contributed by atoms with Crippen LogP contribution in [0.15, 0.2) is 41.0 Å². The van der Waals surface area contributed by atoms with Crippen LogP contribution in [0.5, 0.6) is 0 Å². The smallest absolute Gasteiger partial charge is 0.274 e. The number of amides is 1. The van der Waals surface area contributed by atoms with Crippen LogP contribution in [0, 0.1) is 13.8 Å². The number of hydrogen-bond acceptors (Lipinski definition) is 2. The molecule has 4 nitrogen and oxygen atoms in total. The van der Waals surface area contributed by atoms with Crippen molar-refractivity contribution in [3.8, 4) is 0 Å². The summed E-state index contributed by atoms with van der Waals surface area (Å²) in [6.45, 7) is 10.4. The zero-order chi connectivity index (χ0) is 18.4. The molecule has 0 aliphatic carbocycles. The van der Waals surface area contributed by atoms with E-state index in [4.69, 9.17) is 0 Å². The average molecular weight is 400 g/mol. The molecule has 0 atom stereocenters. The highest BCUT2D eigenvalue weighted by molar-refractivity contribution is 9.10. The number of aryl methyl sites for hydroxylation is 2. The molecule has 2 aromatic heterocycles. The third-order valence-corrected chi connectivity index (χ3v) is 4.79. The number of nitrogens with zero attached hydrogens (tertiary/aromatic N) is 2. The standard InChI is InChI=1S/C20H22BrN3O/c1-12-10-16(21)18-22-13(2)17(24(18)11-12)19(25)23-15-8-6-14(7-9-15)20(3,4)5/h6-11H,1-5H3,(H,23,25). The maximum atomic E-state index is 12.8. The number of fused-ring (bicyclic) bond motifs is 1. The molecule has 2 heterocycles.